The normalized spacial score (nSPS) is 22.9. The third kappa shape index (κ3) is 5.14. The van der Waals surface area contributed by atoms with Gasteiger partial charge in [0.25, 0.3) is 0 Å². The Hall–Kier alpha value is -0.610. The SMILES string of the molecule is COCCCN1CCCC(CC(=O)O)C1. The van der Waals surface area contributed by atoms with Crippen molar-refractivity contribution in [3.05, 3.63) is 0 Å². The van der Waals surface area contributed by atoms with Gasteiger partial charge in [-0.2, -0.15) is 0 Å². The van der Waals surface area contributed by atoms with E-state index in [1.165, 1.54) is 0 Å². The van der Waals surface area contributed by atoms with Gasteiger partial charge >= 0.3 is 5.97 Å². The summed E-state index contributed by atoms with van der Waals surface area (Å²) < 4.78 is 5.00. The van der Waals surface area contributed by atoms with Crippen molar-refractivity contribution < 1.29 is 14.6 Å². The van der Waals surface area contributed by atoms with Gasteiger partial charge in [0.1, 0.15) is 0 Å². The first-order valence-electron chi connectivity index (χ1n) is 5.65. The lowest BCUT2D eigenvalue weighted by atomic mass is 9.95. The number of carboxylic acids is 1. The Bertz CT molecular complexity index is 196. The molecule has 1 N–H and O–H groups in total. The van der Waals surface area contributed by atoms with Gasteiger partial charge in [-0.05, 0) is 31.7 Å². The molecule has 0 bridgehead atoms. The highest BCUT2D eigenvalue weighted by Gasteiger charge is 2.21. The van der Waals surface area contributed by atoms with Crippen molar-refractivity contribution >= 4 is 5.97 Å². The second-order valence-corrected chi connectivity index (χ2v) is 4.25. The molecular weight excluding hydrogens is 194 g/mol. The van der Waals surface area contributed by atoms with Crippen LogP contribution in [0.15, 0.2) is 0 Å². The lowest BCUT2D eigenvalue weighted by Gasteiger charge is -2.31. The molecule has 0 amide bonds. The molecule has 0 aromatic heterocycles. The average molecular weight is 215 g/mol. The van der Waals surface area contributed by atoms with Crippen molar-refractivity contribution in [1.29, 1.82) is 0 Å². The summed E-state index contributed by atoms with van der Waals surface area (Å²) in [6.07, 6.45) is 3.55. The lowest BCUT2D eigenvalue weighted by Crippen LogP contribution is -2.37. The number of hydrogen-bond acceptors (Lipinski definition) is 3. The second kappa shape index (κ2) is 6.80. The minimum absolute atomic E-state index is 0.320. The Morgan fingerprint density at radius 2 is 2.40 bits per heavy atom. The predicted molar refractivity (Wildman–Crippen MR) is 57.9 cm³/mol. The molecule has 1 fully saturated rings. The smallest absolute Gasteiger partial charge is 0.303 e. The molecule has 0 aliphatic carbocycles. The monoisotopic (exact) mass is 215 g/mol. The summed E-state index contributed by atoms with van der Waals surface area (Å²) in [5, 5.41) is 8.73. The van der Waals surface area contributed by atoms with Crippen LogP contribution in [-0.2, 0) is 9.53 Å². The Balaban J connectivity index is 2.19. The van der Waals surface area contributed by atoms with E-state index in [2.05, 4.69) is 4.90 Å². The van der Waals surface area contributed by atoms with Gasteiger partial charge in [-0.15, -0.1) is 0 Å². The van der Waals surface area contributed by atoms with E-state index in [4.69, 9.17) is 9.84 Å². The van der Waals surface area contributed by atoms with Crippen LogP contribution in [0, 0.1) is 5.92 Å². The number of rotatable bonds is 6. The summed E-state index contributed by atoms with van der Waals surface area (Å²) in [7, 11) is 1.71. The Morgan fingerprint density at radius 1 is 1.60 bits per heavy atom. The highest BCUT2D eigenvalue weighted by Crippen LogP contribution is 2.19. The molecule has 0 saturated carbocycles. The van der Waals surface area contributed by atoms with Gasteiger partial charge < -0.3 is 14.7 Å². The van der Waals surface area contributed by atoms with Crippen LogP contribution in [0.1, 0.15) is 25.7 Å². The summed E-state index contributed by atoms with van der Waals surface area (Å²) in [5.74, 6) is -0.322. The van der Waals surface area contributed by atoms with Gasteiger partial charge in [0, 0.05) is 33.2 Å². The zero-order valence-electron chi connectivity index (χ0n) is 9.45. The van der Waals surface area contributed by atoms with Crippen LogP contribution in [0.2, 0.25) is 0 Å². The summed E-state index contributed by atoms with van der Waals surface area (Å²) in [6.45, 7) is 3.87. The number of hydrogen-bond donors (Lipinski definition) is 1. The molecule has 0 radical (unpaired) electrons. The maximum atomic E-state index is 10.6. The molecule has 1 heterocycles. The van der Waals surface area contributed by atoms with Gasteiger partial charge in [0.2, 0.25) is 0 Å². The molecule has 4 nitrogen and oxygen atoms in total. The Morgan fingerprint density at radius 3 is 3.07 bits per heavy atom. The molecule has 15 heavy (non-hydrogen) atoms. The molecule has 0 spiro atoms. The first-order chi connectivity index (χ1) is 7.22. The number of aliphatic carboxylic acids is 1. The van der Waals surface area contributed by atoms with E-state index in [9.17, 15) is 4.79 Å². The van der Waals surface area contributed by atoms with Crippen LogP contribution in [0.4, 0.5) is 0 Å². The van der Waals surface area contributed by atoms with Crippen LogP contribution in [0.3, 0.4) is 0 Å². The number of methoxy groups -OCH3 is 1. The molecule has 1 aliphatic heterocycles. The number of carboxylic acid groups (broad SMARTS) is 1. The fourth-order valence-corrected chi connectivity index (χ4v) is 2.20. The van der Waals surface area contributed by atoms with Crippen molar-refractivity contribution in [3.8, 4) is 0 Å². The van der Waals surface area contributed by atoms with E-state index in [0.717, 1.165) is 45.5 Å². The van der Waals surface area contributed by atoms with E-state index in [1.807, 2.05) is 0 Å². The van der Waals surface area contributed by atoms with Crippen molar-refractivity contribution in [3.63, 3.8) is 0 Å². The first-order valence-corrected chi connectivity index (χ1v) is 5.65. The van der Waals surface area contributed by atoms with Crippen LogP contribution < -0.4 is 0 Å². The zero-order chi connectivity index (χ0) is 11.1. The number of piperidine rings is 1. The third-order valence-electron chi connectivity index (χ3n) is 2.89. The van der Waals surface area contributed by atoms with Crippen LogP contribution in [0.25, 0.3) is 0 Å². The number of carbonyl (C=O) groups is 1. The van der Waals surface area contributed by atoms with E-state index < -0.39 is 5.97 Å². The molecule has 4 heteroatoms. The Kier molecular flexibility index (Phi) is 5.65. The molecule has 0 aromatic rings. The van der Waals surface area contributed by atoms with Crippen LogP contribution in [0.5, 0.6) is 0 Å². The van der Waals surface area contributed by atoms with E-state index in [0.29, 0.717) is 12.3 Å². The van der Waals surface area contributed by atoms with Crippen molar-refractivity contribution in [2.24, 2.45) is 5.92 Å². The molecule has 1 saturated heterocycles. The fourth-order valence-electron chi connectivity index (χ4n) is 2.20. The Labute approximate surface area is 91.2 Å². The molecule has 88 valence electrons. The molecular formula is C11H21NO3. The van der Waals surface area contributed by atoms with Crippen LogP contribution >= 0.6 is 0 Å². The predicted octanol–water partition coefficient (Wildman–Crippen LogP) is 1.21. The van der Waals surface area contributed by atoms with Crippen molar-refractivity contribution in [1.82, 2.24) is 4.90 Å². The zero-order valence-corrected chi connectivity index (χ0v) is 9.45. The lowest BCUT2D eigenvalue weighted by molar-refractivity contribution is -0.138. The summed E-state index contributed by atoms with van der Waals surface area (Å²) >= 11 is 0. The van der Waals surface area contributed by atoms with E-state index in [1.54, 1.807) is 7.11 Å². The quantitative estimate of drug-likeness (QED) is 0.677. The van der Waals surface area contributed by atoms with Crippen molar-refractivity contribution in [2.45, 2.75) is 25.7 Å². The first kappa shape index (κ1) is 12.5. The van der Waals surface area contributed by atoms with Gasteiger partial charge in [0.05, 0.1) is 0 Å². The molecule has 1 rings (SSSR count). The van der Waals surface area contributed by atoms with Gasteiger partial charge in [-0.25, -0.2) is 0 Å². The van der Waals surface area contributed by atoms with E-state index >= 15 is 0 Å². The summed E-state index contributed by atoms with van der Waals surface area (Å²) in [4.78, 5) is 13.0. The maximum Gasteiger partial charge on any atom is 0.303 e. The van der Waals surface area contributed by atoms with Gasteiger partial charge in [-0.1, -0.05) is 0 Å². The second-order valence-electron chi connectivity index (χ2n) is 4.25. The van der Waals surface area contributed by atoms with E-state index in [-0.39, 0.29) is 0 Å². The fraction of sp³-hybridized carbons (Fsp3) is 0.909. The minimum Gasteiger partial charge on any atom is -0.481 e. The highest BCUT2D eigenvalue weighted by atomic mass is 16.5. The molecule has 1 unspecified atom stereocenters. The summed E-state index contributed by atoms with van der Waals surface area (Å²) in [5.41, 5.74) is 0. The van der Waals surface area contributed by atoms with Crippen LogP contribution in [-0.4, -0.2) is 49.3 Å². The average Bonchev–Trinajstić information content (AvgIpc) is 2.18. The summed E-state index contributed by atoms with van der Waals surface area (Å²) in [6, 6.07) is 0. The van der Waals surface area contributed by atoms with Crippen molar-refractivity contribution in [2.75, 3.05) is 33.4 Å². The largest absolute Gasteiger partial charge is 0.481 e. The minimum atomic E-state index is -0.668. The number of nitrogens with zero attached hydrogens (tertiary/aromatic N) is 1. The van der Waals surface area contributed by atoms with Gasteiger partial charge in [-0.3, -0.25) is 4.79 Å². The maximum absolute atomic E-state index is 10.6. The topological polar surface area (TPSA) is 49.8 Å². The third-order valence-corrected chi connectivity index (χ3v) is 2.89. The highest BCUT2D eigenvalue weighted by molar-refractivity contribution is 5.67. The number of likely N-dealkylation sites (tertiary alicyclic amines) is 1. The number of ether oxygens (including phenoxy) is 1. The van der Waals surface area contributed by atoms with Gasteiger partial charge in [0.15, 0.2) is 0 Å². The standard InChI is InChI=1S/C11H21NO3/c1-15-7-3-6-12-5-2-4-10(9-12)8-11(13)14/h10H,2-9H2,1H3,(H,13,14). The molecule has 0 aromatic carbocycles. The molecule has 1 aliphatic rings. The molecule has 1 atom stereocenters.